The Balaban J connectivity index is 2.10. The normalized spacial score (nSPS) is 17.2. The zero-order chi connectivity index (χ0) is 14.5. The Morgan fingerprint density at radius 2 is 2.00 bits per heavy atom. The first kappa shape index (κ1) is 14.3. The van der Waals surface area contributed by atoms with Crippen LogP contribution in [0.15, 0.2) is 29.4 Å². The van der Waals surface area contributed by atoms with Gasteiger partial charge < -0.3 is 20.9 Å². The van der Waals surface area contributed by atoms with E-state index in [2.05, 4.69) is 5.16 Å². The highest BCUT2D eigenvalue weighted by atomic mass is 16.4. The second-order valence-electron chi connectivity index (χ2n) is 4.98. The number of nitrogens with two attached hydrogens (primary N) is 1. The summed E-state index contributed by atoms with van der Waals surface area (Å²) in [4.78, 5) is 14.2. The number of piperidine rings is 1. The molecule has 20 heavy (non-hydrogen) atoms. The summed E-state index contributed by atoms with van der Waals surface area (Å²) >= 11 is 0. The fourth-order valence-corrected chi connectivity index (χ4v) is 2.37. The lowest BCUT2D eigenvalue weighted by atomic mass is 9.97. The fourth-order valence-electron chi connectivity index (χ4n) is 2.37. The molecule has 1 heterocycles. The number of nitrogens with zero attached hydrogens (tertiary/aromatic N) is 2. The van der Waals surface area contributed by atoms with E-state index < -0.39 is 0 Å². The second kappa shape index (κ2) is 6.38. The van der Waals surface area contributed by atoms with E-state index >= 15 is 0 Å². The SMILES string of the molecule is N/C(=N\O)c1cccc(C(=O)N2CCC(CO)CC2)c1. The molecule has 0 aromatic heterocycles. The molecule has 0 spiro atoms. The van der Waals surface area contributed by atoms with Crippen LogP contribution in [0.25, 0.3) is 0 Å². The van der Waals surface area contributed by atoms with Crippen molar-refractivity contribution in [3.05, 3.63) is 35.4 Å². The number of carbonyl (C=O) groups is 1. The summed E-state index contributed by atoms with van der Waals surface area (Å²) in [6.07, 6.45) is 1.64. The van der Waals surface area contributed by atoms with Crippen LogP contribution in [0.4, 0.5) is 0 Å². The lowest BCUT2D eigenvalue weighted by Crippen LogP contribution is -2.39. The Morgan fingerprint density at radius 1 is 1.35 bits per heavy atom. The topological polar surface area (TPSA) is 99.2 Å². The molecule has 1 aliphatic rings. The summed E-state index contributed by atoms with van der Waals surface area (Å²) in [5.41, 5.74) is 6.57. The zero-order valence-corrected chi connectivity index (χ0v) is 11.2. The number of amidine groups is 1. The van der Waals surface area contributed by atoms with Crippen molar-refractivity contribution in [3.8, 4) is 0 Å². The van der Waals surface area contributed by atoms with Crippen LogP contribution in [0.5, 0.6) is 0 Å². The summed E-state index contributed by atoms with van der Waals surface area (Å²) in [6.45, 7) is 1.48. The molecule has 0 radical (unpaired) electrons. The molecule has 1 aliphatic heterocycles. The highest BCUT2D eigenvalue weighted by Gasteiger charge is 2.23. The molecule has 0 unspecified atom stereocenters. The number of carbonyl (C=O) groups excluding carboxylic acids is 1. The van der Waals surface area contributed by atoms with Gasteiger partial charge in [0.05, 0.1) is 0 Å². The molecule has 0 saturated carbocycles. The third-order valence-corrected chi connectivity index (χ3v) is 3.67. The van der Waals surface area contributed by atoms with Crippen LogP contribution in [0.1, 0.15) is 28.8 Å². The van der Waals surface area contributed by atoms with E-state index in [0.29, 0.717) is 30.1 Å². The highest BCUT2D eigenvalue weighted by molar-refractivity contribution is 6.01. The van der Waals surface area contributed by atoms with Gasteiger partial charge in [0.25, 0.3) is 5.91 Å². The third-order valence-electron chi connectivity index (χ3n) is 3.67. The molecule has 1 amide bonds. The molecule has 6 heteroatoms. The average molecular weight is 277 g/mol. The van der Waals surface area contributed by atoms with Gasteiger partial charge in [-0.1, -0.05) is 17.3 Å². The van der Waals surface area contributed by atoms with Gasteiger partial charge in [0.2, 0.25) is 0 Å². The van der Waals surface area contributed by atoms with E-state index in [9.17, 15) is 4.79 Å². The van der Waals surface area contributed by atoms with Crippen LogP contribution < -0.4 is 5.73 Å². The maximum Gasteiger partial charge on any atom is 0.253 e. The van der Waals surface area contributed by atoms with Crippen LogP contribution in [-0.4, -0.2) is 46.7 Å². The van der Waals surface area contributed by atoms with Gasteiger partial charge in [-0.25, -0.2) is 0 Å². The summed E-state index contributed by atoms with van der Waals surface area (Å²) < 4.78 is 0. The summed E-state index contributed by atoms with van der Waals surface area (Å²) in [5, 5.41) is 20.7. The van der Waals surface area contributed by atoms with Gasteiger partial charge in [0.1, 0.15) is 0 Å². The summed E-state index contributed by atoms with van der Waals surface area (Å²) in [6, 6.07) is 6.73. The average Bonchev–Trinajstić information content (AvgIpc) is 2.53. The van der Waals surface area contributed by atoms with E-state index in [1.807, 2.05) is 0 Å². The minimum Gasteiger partial charge on any atom is -0.409 e. The van der Waals surface area contributed by atoms with E-state index in [1.165, 1.54) is 0 Å². The lowest BCUT2D eigenvalue weighted by Gasteiger charge is -2.31. The Kier molecular flexibility index (Phi) is 4.57. The minimum atomic E-state index is -0.0611. The van der Waals surface area contributed by atoms with Crippen molar-refractivity contribution in [1.29, 1.82) is 0 Å². The lowest BCUT2D eigenvalue weighted by molar-refractivity contribution is 0.0651. The number of likely N-dealkylation sites (tertiary alicyclic amines) is 1. The number of rotatable bonds is 3. The summed E-state index contributed by atoms with van der Waals surface area (Å²) in [5.74, 6) is 0.218. The molecule has 0 bridgehead atoms. The molecular weight excluding hydrogens is 258 g/mol. The van der Waals surface area contributed by atoms with Crippen molar-refractivity contribution >= 4 is 11.7 Å². The number of hydrogen-bond donors (Lipinski definition) is 3. The molecule has 4 N–H and O–H groups in total. The molecule has 1 saturated heterocycles. The zero-order valence-electron chi connectivity index (χ0n) is 11.2. The van der Waals surface area contributed by atoms with E-state index in [4.69, 9.17) is 16.0 Å². The predicted octanol–water partition coefficient (Wildman–Crippen LogP) is 0.626. The Bertz CT molecular complexity index is 508. The maximum absolute atomic E-state index is 12.4. The van der Waals surface area contributed by atoms with Crippen LogP contribution in [0.2, 0.25) is 0 Å². The van der Waals surface area contributed by atoms with Crippen LogP contribution >= 0.6 is 0 Å². The quantitative estimate of drug-likeness (QED) is 0.326. The maximum atomic E-state index is 12.4. The predicted molar refractivity (Wildman–Crippen MR) is 74.7 cm³/mol. The molecule has 2 rings (SSSR count). The van der Waals surface area contributed by atoms with Crippen molar-refractivity contribution in [2.75, 3.05) is 19.7 Å². The smallest absolute Gasteiger partial charge is 0.253 e. The van der Waals surface area contributed by atoms with Crippen molar-refractivity contribution in [3.63, 3.8) is 0 Å². The van der Waals surface area contributed by atoms with Gasteiger partial charge in [0, 0.05) is 30.8 Å². The number of benzene rings is 1. The number of aliphatic hydroxyl groups is 1. The second-order valence-corrected chi connectivity index (χ2v) is 4.98. The molecule has 6 nitrogen and oxygen atoms in total. The van der Waals surface area contributed by atoms with Crippen molar-refractivity contribution < 1.29 is 15.1 Å². The molecule has 1 aromatic carbocycles. The van der Waals surface area contributed by atoms with Gasteiger partial charge in [-0.3, -0.25) is 4.79 Å². The third kappa shape index (κ3) is 3.08. The number of amides is 1. The molecule has 0 aliphatic carbocycles. The molecule has 108 valence electrons. The molecule has 1 aromatic rings. The van der Waals surface area contributed by atoms with Gasteiger partial charge in [-0.2, -0.15) is 0 Å². The van der Waals surface area contributed by atoms with Crippen LogP contribution in [0.3, 0.4) is 0 Å². The van der Waals surface area contributed by atoms with Crippen molar-refractivity contribution in [1.82, 2.24) is 4.90 Å². The molecule has 0 atom stereocenters. The Morgan fingerprint density at radius 3 is 2.60 bits per heavy atom. The fraction of sp³-hybridized carbons (Fsp3) is 0.429. The summed E-state index contributed by atoms with van der Waals surface area (Å²) in [7, 11) is 0. The van der Waals surface area contributed by atoms with Gasteiger partial charge in [-0.15, -0.1) is 0 Å². The van der Waals surface area contributed by atoms with Crippen molar-refractivity contribution in [2.45, 2.75) is 12.8 Å². The monoisotopic (exact) mass is 277 g/mol. The molecular formula is C14H19N3O3. The minimum absolute atomic E-state index is 0.0151. The van der Waals surface area contributed by atoms with Crippen LogP contribution in [-0.2, 0) is 0 Å². The number of aliphatic hydroxyl groups excluding tert-OH is 1. The van der Waals surface area contributed by atoms with E-state index in [-0.39, 0.29) is 18.3 Å². The number of oxime groups is 1. The van der Waals surface area contributed by atoms with Crippen LogP contribution in [0, 0.1) is 5.92 Å². The first-order chi connectivity index (χ1) is 9.65. The largest absolute Gasteiger partial charge is 0.409 e. The molecule has 1 fully saturated rings. The first-order valence-corrected chi connectivity index (χ1v) is 6.63. The Labute approximate surface area is 117 Å². The number of hydrogen-bond acceptors (Lipinski definition) is 4. The van der Waals surface area contributed by atoms with Gasteiger partial charge in [-0.05, 0) is 30.9 Å². The van der Waals surface area contributed by atoms with E-state index in [0.717, 1.165) is 12.8 Å². The first-order valence-electron chi connectivity index (χ1n) is 6.63. The van der Waals surface area contributed by atoms with Gasteiger partial charge in [0.15, 0.2) is 5.84 Å². The van der Waals surface area contributed by atoms with Gasteiger partial charge >= 0.3 is 0 Å². The van der Waals surface area contributed by atoms with Crippen molar-refractivity contribution in [2.24, 2.45) is 16.8 Å². The Hall–Kier alpha value is -2.08. The van der Waals surface area contributed by atoms with E-state index in [1.54, 1.807) is 29.2 Å². The standard InChI is InChI=1S/C14H19N3O3/c15-13(16-20)11-2-1-3-12(8-11)14(19)17-6-4-10(9-18)5-7-17/h1-3,8,10,18,20H,4-7,9H2,(H2,15,16). The highest BCUT2D eigenvalue weighted by Crippen LogP contribution is 2.18.